The van der Waals surface area contributed by atoms with E-state index in [0.29, 0.717) is 10.9 Å². The molecule has 0 saturated heterocycles. The summed E-state index contributed by atoms with van der Waals surface area (Å²) in [6.07, 6.45) is -2.22. The number of rotatable bonds is 6. The van der Waals surface area contributed by atoms with Gasteiger partial charge in [-0.3, -0.25) is 0 Å². The van der Waals surface area contributed by atoms with E-state index in [9.17, 15) is 18.3 Å². The molecule has 0 aliphatic rings. The number of para-hydroxylation sites is 1. The van der Waals surface area contributed by atoms with Gasteiger partial charge >= 0.3 is 6.18 Å². The first-order chi connectivity index (χ1) is 13.6. The predicted molar refractivity (Wildman–Crippen MR) is 112 cm³/mol. The van der Waals surface area contributed by atoms with Gasteiger partial charge in [0.25, 0.3) is 0 Å². The van der Waals surface area contributed by atoms with Crippen molar-refractivity contribution in [3.05, 3.63) is 36.2 Å². The third kappa shape index (κ3) is 4.38. The number of nitrogens with zero attached hydrogens (tertiary/aromatic N) is 2. The Balaban J connectivity index is 2.18. The molecule has 3 rings (SSSR count). The molecule has 156 valence electrons. The minimum Gasteiger partial charge on any atom is -0.394 e. The van der Waals surface area contributed by atoms with Gasteiger partial charge in [-0.2, -0.15) is 13.2 Å². The molecule has 2 aromatic heterocycles. The van der Waals surface area contributed by atoms with Gasteiger partial charge in [-0.1, -0.05) is 40.0 Å². The Labute approximate surface area is 168 Å². The molecular weight excluding hydrogens is 400 g/mol. The molecule has 0 aliphatic carbocycles. The molecular formula is C20H24F3N4OP. The van der Waals surface area contributed by atoms with E-state index >= 15 is 0 Å². The Morgan fingerprint density at radius 3 is 2.55 bits per heavy atom. The zero-order valence-electron chi connectivity index (χ0n) is 16.7. The lowest BCUT2D eigenvalue weighted by atomic mass is 10.1. The van der Waals surface area contributed by atoms with Crippen LogP contribution in [0.15, 0.2) is 30.6 Å². The molecule has 1 unspecified atom stereocenters. The normalized spacial score (nSPS) is 13.4. The first kappa shape index (κ1) is 21.5. The Hall–Kier alpha value is -2.18. The van der Waals surface area contributed by atoms with E-state index in [2.05, 4.69) is 33.6 Å². The molecule has 9 heteroatoms. The predicted octanol–water partition coefficient (Wildman–Crippen LogP) is 4.44. The number of H-pyrrole nitrogens is 1. The van der Waals surface area contributed by atoms with Crippen molar-refractivity contribution in [1.82, 2.24) is 15.0 Å². The van der Waals surface area contributed by atoms with Crippen molar-refractivity contribution in [2.75, 3.05) is 25.3 Å². The lowest BCUT2D eigenvalue weighted by molar-refractivity contribution is -0.137. The number of halogens is 3. The van der Waals surface area contributed by atoms with E-state index in [1.165, 1.54) is 0 Å². The summed E-state index contributed by atoms with van der Waals surface area (Å²) < 4.78 is 41.1. The molecule has 0 fully saturated rings. The molecule has 5 nitrogen and oxygen atoms in total. The molecule has 2 heterocycles. The average molecular weight is 424 g/mol. The number of aromatic nitrogens is 3. The summed E-state index contributed by atoms with van der Waals surface area (Å²) >= 11 is 0. The van der Waals surface area contributed by atoms with Gasteiger partial charge in [0.15, 0.2) is 0 Å². The number of nitrogens with one attached hydrogen (secondary N) is 2. The van der Waals surface area contributed by atoms with E-state index in [0.717, 1.165) is 17.0 Å². The molecule has 0 aliphatic heterocycles. The Morgan fingerprint density at radius 2 is 1.97 bits per heavy atom. The highest BCUT2D eigenvalue weighted by atomic mass is 31.1. The quantitative estimate of drug-likeness (QED) is 0.512. The molecule has 0 radical (unpaired) electrons. The van der Waals surface area contributed by atoms with Crippen LogP contribution in [0.4, 0.5) is 19.1 Å². The largest absolute Gasteiger partial charge is 0.419 e. The third-order valence-corrected chi connectivity index (χ3v) is 6.18. The molecule has 29 heavy (non-hydrogen) atoms. The second kappa shape index (κ2) is 8.28. The topological polar surface area (TPSA) is 73.8 Å². The van der Waals surface area contributed by atoms with Crippen LogP contribution < -0.4 is 10.6 Å². The SMILES string of the molecule is CC(C)C(CO)Nc1ncc(C(F)(F)F)c(-c2c[nH]c3c(P(C)C)cccc23)n1. The number of aliphatic hydroxyl groups excluding tert-OH is 1. The fraction of sp³-hybridized carbons (Fsp3) is 0.400. The number of hydrogen-bond acceptors (Lipinski definition) is 4. The number of anilines is 1. The zero-order chi connectivity index (χ0) is 21.3. The molecule has 1 aromatic carbocycles. The summed E-state index contributed by atoms with van der Waals surface area (Å²) in [6.45, 7) is 7.81. The highest BCUT2D eigenvalue weighted by Crippen LogP contribution is 2.39. The van der Waals surface area contributed by atoms with E-state index in [1.807, 2.05) is 26.0 Å². The number of hydrogen-bond donors (Lipinski definition) is 3. The van der Waals surface area contributed by atoms with Crippen LogP contribution in [0.25, 0.3) is 22.2 Å². The van der Waals surface area contributed by atoms with Crippen molar-refractivity contribution in [1.29, 1.82) is 0 Å². The van der Waals surface area contributed by atoms with E-state index in [-0.39, 0.29) is 30.2 Å². The van der Waals surface area contributed by atoms with Gasteiger partial charge in [0.2, 0.25) is 5.95 Å². The summed E-state index contributed by atoms with van der Waals surface area (Å²) in [7, 11) is -0.435. The van der Waals surface area contributed by atoms with Crippen LogP contribution in [0, 0.1) is 5.92 Å². The molecule has 3 N–H and O–H groups in total. The number of fused-ring (bicyclic) bond motifs is 1. The smallest absolute Gasteiger partial charge is 0.394 e. The van der Waals surface area contributed by atoms with Crippen molar-refractivity contribution < 1.29 is 18.3 Å². The highest BCUT2D eigenvalue weighted by molar-refractivity contribution is 7.64. The van der Waals surface area contributed by atoms with Crippen LogP contribution in [0.5, 0.6) is 0 Å². The molecule has 0 bridgehead atoms. The fourth-order valence-corrected chi connectivity index (χ4v) is 4.18. The lowest BCUT2D eigenvalue weighted by Gasteiger charge is -2.21. The van der Waals surface area contributed by atoms with Crippen molar-refractivity contribution in [3.63, 3.8) is 0 Å². The van der Waals surface area contributed by atoms with Crippen LogP contribution in [-0.4, -0.2) is 46.0 Å². The Kier molecular flexibility index (Phi) is 6.15. The maximum Gasteiger partial charge on any atom is 0.419 e. The van der Waals surface area contributed by atoms with Gasteiger partial charge < -0.3 is 15.4 Å². The van der Waals surface area contributed by atoms with Crippen LogP contribution in [0.2, 0.25) is 0 Å². The summed E-state index contributed by atoms with van der Waals surface area (Å²) in [5, 5.41) is 14.2. The second-order valence-corrected chi connectivity index (χ2v) is 9.70. The van der Waals surface area contributed by atoms with Crippen LogP contribution >= 0.6 is 7.92 Å². The maximum atomic E-state index is 13.7. The number of aliphatic hydroxyl groups is 1. The van der Waals surface area contributed by atoms with Gasteiger partial charge in [0.05, 0.1) is 23.9 Å². The average Bonchev–Trinajstić information content (AvgIpc) is 3.08. The zero-order valence-corrected chi connectivity index (χ0v) is 17.6. The minimum atomic E-state index is -4.59. The first-order valence-corrected chi connectivity index (χ1v) is 11.5. The summed E-state index contributed by atoms with van der Waals surface area (Å²) in [5.74, 6) is 0.109. The van der Waals surface area contributed by atoms with Gasteiger partial charge in [-0.25, -0.2) is 9.97 Å². The summed E-state index contributed by atoms with van der Waals surface area (Å²) in [4.78, 5) is 11.2. The Morgan fingerprint density at radius 1 is 1.24 bits per heavy atom. The molecule has 0 spiro atoms. The van der Waals surface area contributed by atoms with Crippen molar-refractivity contribution >= 4 is 30.1 Å². The van der Waals surface area contributed by atoms with E-state index in [4.69, 9.17) is 0 Å². The van der Waals surface area contributed by atoms with Crippen LogP contribution in [-0.2, 0) is 6.18 Å². The maximum absolute atomic E-state index is 13.7. The third-order valence-electron chi connectivity index (χ3n) is 4.84. The Bertz CT molecular complexity index is 1000. The monoisotopic (exact) mass is 424 g/mol. The molecule has 0 saturated carbocycles. The minimum absolute atomic E-state index is 0.0540. The van der Waals surface area contributed by atoms with Gasteiger partial charge in [0, 0.05) is 23.3 Å². The van der Waals surface area contributed by atoms with Gasteiger partial charge in [-0.05, 0) is 24.6 Å². The molecule has 1 atom stereocenters. The van der Waals surface area contributed by atoms with E-state index < -0.39 is 19.7 Å². The second-order valence-electron chi connectivity index (χ2n) is 7.43. The lowest BCUT2D eigenvalue weighted by Crippen LogP contribution is -2.30. The van der Waals surface area contributed by atoms with Crippen molar-refractivity contribution in [2.24, 2.45) is 5.92 Å². The first-order valence-electron chi connectivity index (χ1n) is 9.23. The van der Waals surface area contributed by atoms with Crippen LogP contribution in [0.3, 0.4) is 0 Å². The standard InChI is InChI=1S/C20H24F3N4OP/c1-11(2)15(10-28)26-19-25-9-14(20(21,22)23)17(27-19)13-8-24-18-12(13)6-5-7-16(18)29(3)4/h5-9,11,15,24,28H,10H2,1-4H3,(H,25,26,27). The number of alkyl halides is 3. The summed E-state index contributed by atoms with van der Waals surface area (Å²) in [6, 6.07) is 5.27. The fourth-order valence-electron chi connectivity index (χ4n) is 3.16. The highest BCUT2D eigenvalue weighted by Gasteiger charge is 2.36. The number of aromatic amines is 1. The number of benzene rings is 1. The van der Waals surface area contributed by atoms with Crippen LogP contribution in [0.1, 0.15) is 19.4 Å². The molecule has 3 aromatic rings. The summed E-state index contributed by atoms with van der Waals surface area (Å²) in [5.41, 5.74) is 0.127. The van der Waals surface area contributed by atoms with Gasteiger partial charge in [-0.15, -0.1) is 0 Å². The van der Waals surface area contributed by atoms with Gasteiger partial charge in [0.1, 0.15) is 5.56 Å². The van der Waals surface area contributed by atoms with Crippen molar-refractivity contribution in [3.8, 4) is 11.3 Å². The van der Waals surface area contributed by atoms with E-state index in [1.54, 1.807) is 12.3 Å². The van der Waals surface area contributed by atoms with Crippen molar-refractivity contribution in [2.45, 2.75) is 26.1 Å². The molecule has 0 amide bonds.